The lowest BCUT2D eigenvalue weighted by molar-refractivity contribution is 0.440. The number of anilines is 2. The summed E-state index contributed by atoms with van der Waals surface area (Å²) in [5, 5.41) is 11.8. The van der Waals surface area contributed by atoms with Crippen LogP contribution in [0.1, 0.15) is 12.5 Å². The molecular weight excluding hydrogens is 268 g/mol. The third-order valence-electron chi connectivity index (χ3n) is 2.53. The second-order valence-electron chi connectivity index (χ2n) is 4.40. The predicted octanol–water partition coefficient (Wildman–Crippen LogP) is 2.03. The van der Waals surface area contributed by atoms with E-state index in [1.54, 1.807) is 29.2 Å². The van der Waals surface area contributed by atoms with Crippen LogP contribution in [0.25, 0.3) is 0 Å². The molecule has 0 atom stereocenters. The smallest absolute Gasteiger partial charge is 0.328 e. The van der Waals surface area contributed by atoms with Gasteiger partial charge in [0.15, 0.2) is 0 Å². The van der Waals surface area contributed by atoms with Gasteiger partial charge < -0.3 is 15.0 Å². The molecule has 108 valence electrons. The summed E-state index contributed by atoms with van der Waals surface area (Å²) in [6, 6.07) is 9.01. The van der Waals surface area contributed by atoms with Gasteiger partial charge in [0, 0.05) is 20.6 Å². The topological polar surface area (TPSA) is 87.0 Å². The molecule has 0 aliphatic carbocycles. The monoisotopic (exact) mass is 284 g/mol. The molecule has 7 heteroatoms. The van der Waals surface area contributed by atoms with E-state index in [0.717, 1.165) is 0 Å². The lowest BCUT2D eigenvalue weighted by Gasteiger charge is -2.13. The normalized spacial score (nSPS) is 9.81. The predicted molar refractivity (Wildman–Crippen MR) is 79.5 cm³/mol. The molecule has 2 aromatic rings. The van der Waals surface area contributed by atoms with Gasteiger partial charge in [-0.25, -0.2) is 0 Å². The highest BCUT2D eigenvalue weighted by Crippen LogP contribution is 2.20. The van der Waals surface area contributed by atoms with Crippen molar-refractivity contribution in [1.82, 2.24) is 15.0 Å². The fourth-order valence-corrected chi connectivity index (χ4v) is 1.53. The van der Waals surface area contributed by atoms with Gasteiger partial charge in [-0.05, 0) is 31.2 Å². The Kier molecular flexibility index (Phi) is 4.51. The van der Waals surface area contributed by atoms with E-state index in [0.29, 0.717) is 29.8 Å². The van der Waals surface area contributed by atoms with Crippen molar-refractivity contribution in [2.75, 3.05) is 30.9 Å². The first-order valence-corrected chi connectivity index (χ1v) is 6.47. The van der Waals surface area contributed by atoms with Gasteiger partial charge in [0.1, 0.15) is 5.75 Å². The van der Waals surface area contributed by atoms with E-state index in [4.69, 9.17) is 10.00 Å². The summed E-state index contributed by atoms with van der Waals surface area (Å²) >= 11 is 0. The maximum absolute atomic E-state index is 8.77. The van der Waals surface area contributed by atoms with Crippen LogP contribution in [0.15, 0.2) is 24.3 Å². The molecule has 2 rings (SSSR count). The maximum Gasteiger partial charge on any atom is 0.328 e. The third kappa shape index (κ3) is 3.79. The third-order valence-corrected chi connectivity index (χ3v) is 2.53. The van der Waals surface area contributed by atoms with Crippen molar-refractivity contribution < 1.29 is 4.74 Å². The molecular formula is C14H16N6O. The Labute approximate surface area is 123 Å². The Morgan fingerprint density at radius 2 is 1.90 bits per heavy atom. The molecule has 21 heavy (non-hydrogen) atoms. The summed E-state index contributed by atoms with van der Waals surface area (Å²) in [6.45, 7) is 2.66. The second-order valence-corrected chi connectivity index (χ2v) is 4.40. The van der Waals surface area contributed by atoms with Gasteiger partial charge in [0.2, 0.25) is 11.9 Å². The van der Waals surface area contributed by atoms with Gasteiger partial charge in [-0.1, -0.05) is 0 Å². The average Bonchev–Trinajstić information content (AvgIpc) is 2.48. The van der Waals surface area contributed by atoms with Gasteiger partial charge in [0.25, 0.3) is 0 Å². The zero-order valence-corrected chi connectivity index (χ0v) is 12.2. The number of nitrogens with zero attached hydrogens (tertiary/aromatic N) is 5. The van der Waals surface area contributed by atoms with Crippen LogP contribution in [-0.2, 0) is 0 Å². The van der Waals surface area contributed by atoms with Crippen LogP contribution in [0, 0.1) is 11.3 Å². The number of hydrogen-bond donors (Lipinski definition) is 1. The number of nitriles is 1. The number of ether oxygens (including phenoxy) is 1. The van der Waals surface area contributed by atoms with E-state index in [1.165, 1.54) is 0 Å². The number of nitrogens with one attached hydrogen (secondary N) is 1. The summed E-state index contributed by atoms with van der Waals surface area (Å²) in [4.78, 5) is 14.5. The minimum atomic E-state index is 0.203. The van der Waals surface area contributed by atoms with Crippen LogP contribution in [-0.4, -0.2) is 35.6 Å². The summed E-state index contributed by atoms with van der Waals surface area (Å²) in [5.41, 5.74) is 0.570. The number of benzene rings is 1. The molecule has 1 N–H and O–H groups in total. The fourth-order valence-electron chi connectivity index (χ4n) is 1.53. The molecule has 0 radical (unpaired) electrons. The first-order chi connectivity index (χ1) is 10.1. The maximum atomic E-state index is 8.77. The highest BCUT2D eigenvalue weighted by Gasteiger charge is 2.09. The first-order valence-electron chi connectivity index (χ1n) is 6.47. The molecule has 0 bridgehead atoms. The van der Waals surface area contributed by atoms with Crippen molar-refractivity contribution in [1.29, 1.82) is 5.26 Å². The molecule has 0 aliphatic rings. The molecule has 0 aliphatic heterocycles. The highest BCUT2D eigenvalue weighted by molar-refractivity contribution is 5.39. The van der Waals surface area contributed by atoms with Crippen molar-refractivity contribution in [2.45, 2.75) is 6.92 Å². The Hall–Kier alpha value is -2.88. The zero-order chi connectivity index (χ0) is 15.2. The lowest BCUT2D eigenvalue weighted by Crippen LogP contribution is -2.15. The molecule has 0 unspecified atom stereocenters. The van der Waals surface area contributed by atoms with E-state index >= 15 is 0 Å². The second kappa shape index (κ2) is 6.52. The molecule has 0 spiro atoms. The minimum absolute atomic E-state index is 0.203. The van der Waals surface area contributed by atoms with E-state index in [1.807, 2.05) is 21.0 Å². The number of aromatic nitrogens is 3. The van der Waals surface area contributed by atoms with Gasteiger partial charge in [-0.15, -0.1) is 0 Å². The summed E-state index contributed by atoms with van der Waals surface area (Å²) in [5.74, 6) is 1.52. The quantitative estimate of drug-likeness (QED) is 0.898. The molecule has 0 saturated heterocycles. The van der Waals surface area contributed by atoms with Crippen LogP contribution in [0.5, 0.6) is 11.8 Å². The van der Waals surface area contributed by atoms with Crippen molar-refractivity contribution in [3.05, 3.63) is 29.8 Å². The Morgan fingerprint density at radius 1 is 1.19 bits per heavy atom. The Morgan fingerprint density at radius 3 is 2.48 bits per heavy atom. The van der Waals surface area contributed by atoms with Crippen LogP contribution in [0.3, 0.4) is 0 Å². The van der Waals surface area contributed by atoms with Gasteiger partial charge in [-0.3, -0.25) is 0 Å². The van der Waals surface area contributed by atoms with Crippen LogP contribution >= 0.6 is 0 Å². The molecule has 0 saturated carbocycles. The standard InChI is InChI=1S/C14H16N6O/c1-4-16-12-17-13(20(2)3)19-14(18-12)21-11-7-5-10(9-15)6-8-11/h5-8H,4H2,1-3H3,(H,16,17,18,19). The van der Waals surface area contributed by atoms with E-state index in [-0.39, 0.29) is 6.01 Å². The molecule has 1 aromatic carbocycles. The minimum Gasteiger partial charge on any atom is -0.424 e. The summed E-state index contributed by atoms with van der Waals surface area (Å²) in [7, 11) is 3.69. The van der Waals surface area contributed by atoms with Crippen molar-refractivity contribution in [3.63, 3.8) is 0 Å². The Bertz CT molecular complexity index is 648. The molecule has 1 heterocycles. The van der Waals surface area contributed by atoms with Crippen molar-refractivity contribution >= 4 is 11.9 Å². The molecule has 0 fully saturated rings. The first kappa shape index (κ1) is 14.5. The zero-order valence-electron chi connectivity index (χ0n) is 12.2. The average molecular weight is 284 g/mol. The van der Waals surface area contributed by atoms with Gasteiger partial charge >= 0.3 is 6.01 Å². The van der Waals surface area contributed by atoms with Crippen molar-refractivity contribution in [3.8, 4) is 17.8 Å². The van der Waals surface area contributed by atoms with Crippen LogP contribution in [0.4, 0.5) is 11.9 Å². The van der Waals surface area contributed by atoms with Crippen molar-refractivity contribution in [2.24, 2.45) is 0 Å². The SMILES string of the molecule is CCNc1nc(Oc2ccc(C#N)cc2)nc(N(C)C)n1. The van der Waals surface area contributed by atoms with Crippen LogP contribution < -0.4 is 15.0 Å². The molecule has 0 amide bonds. The van der Waals surface area contributed by atoms with E-state index in [9.17, 15) is 0 Å². The largest absolute Gasteiger partial charge is 0.424 e. The Balaban J connectivity index is 2.27. The van der Waals surface area contributed by atoms with Gasteiger partial charge in [0.05, 0.1) is 11.6 Å². The van der Waals surface area contributed by atoms with E-state index in [2.05, 4.69) is 26.3 Å². The van der Waals surface area contributed by atoms with E-state index < -0.39 is 0 Å². The fraction of sp³-hybridized carbons (Fsp3) is 0.286. The molecule has 7 nitrogen and oxygen atoms in total. The molecule has 1 aromatic heterocycles. The summed E-state index contributed by atoms with van der Waals surface area (Å²) in [6.07, 6.45) is 0. The summed E-state index contributed by atoms with van der Waals surface area (Å²) < 4.78 is 5.62. The number of hydrogen-bond acceptors (Lipinski definition) is 7. The lowest BCUT2D eigenvalue weighted by atomic mass is 10.2. The number of rotatable bonds is 5. The highest BCUT2D eigenvalue weighted by atomic mass is 16.5. The van der Waals surface area contributed by atoms with Gasteiger partial charge in [-0.2, -0.15) is 20.2 Å². The van der Waals surface area contributed by atoms with Crippen LogP contribution in [0.2, 0.25) is 0 Å².